The van der Waals surface area contributed by atoms with Gasteiger partial charge in [0.15, 0.2) is 0 Å². The lowest BCUT2D eigenvalue weighted by Gasteiger charge is -2.50. The predicted molar refractivity (Wildman–Crippen MR) is 146 cm³/mol. The number of hydrogen-bond acceptors (Lipinski definition) is 4. The van der Waals surface area contributed by atoms with Gasteiger partial charge in [0, 0.05) is 19.0 Å². The molecule has 5 heteroatoms. The topological polar surface area (TPSA) is 58.6 Å². The van der Waals surface area contributed by atoms with E-state index in [-0.39, 0.29) is 18.0 Å². The minimum absolute atomic E-state index is 0.00126. The molecule has 1 saturated heterocycles. The van der Waals surface area contributed by atoms with Crippen LogP contribution in [0.3, 0.4) is 0 Å². The third-order valence-electron chi connectivity index (χ3n) is 9.00. The summed E-state index contributed by atoms with van der Waals surface area (Å²) in [5.74, 6) is 1.08. The number of nitrogens with one attached hydrogen (secondary N) is 1. The zero-order chi connectivity index (χ0) is 25.5. The Balaban J connectivity index is 1.07. The van der Waals surface area contributed by atoms with Gasteiger partial charge in [-0.25, -0.2) is 0 Å². The molecule has 2 aromatic rings. The highest BCUT2D eigenvalue weighted by atomic mass is 16.5. The summed E-state index contributed by atoms with van der Waals surface area (Å²) < 4.78 is 6.29. The fourth-order valence-electron chi connectivity index (χ4n) is 6.80. The van der Waals surface area contributed by atoms with Crippen molar-refractivity contribution in [2.24, 2.45) is 11.8 Å². The maximum Gasteiger partial charge on any atom is 0.316 e. The molecule has 0 bridgehead atoms. The molecule has 3 aliphatic rings. The zero-order valence-corrected chi connectivity index (χ0v) is 22.1. The fourth-order valence-corrected chi connectivity index (χ4v) is 6.80. The molecule has 5 rings (SSSR count). The van der Waals surface area contributed by atoms with E-state index < -0.39 is 5.41 Å². The second-order valence-electron chi connectivity index (χ2n) is 11.4. The lowest BCUT2D eigenvalue weighted by molar-refractivity contribution is -0.176. The quantitative estimate of drug-likeness (QED) is 0.288. The number of ether oxygens (including phenoxy) is 1. The van der Waals surface area contributed by atoms with E-state index in [0.717, 1.165) is 76.6 Å². The summed E-state index contributed by atoms with van der Waals surface area (Å²) >= 11 is 0. The summed E-state index contributed by atoms with van der Waals surface area (Å²) in [5, 5.41) is 3.09. The minimum Gasteiger partial charge on any atom is -0.461 e. The van der Waals surface area contributed by atoms with Crippen molar-refractivity contribution in [3.8, 4) is 0 Å². The van der Waals surface area contributed by atoms with E-state index in [1.54, 1.807) is 0 Å². The standard InChI is InChI=1S/C32H42N2O3/c35-30(33-20-11-14-25-12-5-3-6-13-25)24-34-21-17-28-26(23-34)22-29(28)37-31(36)32(18-9-1-2-10-19-32)27-15-7-4-8-16-27/h3-8,12-13,15-16,26,28-29H,1-2,9-11,14,17-24H2,(H,33,35)/t26?,28?,29-/m0/s1. The fraction of sp³-hybridized carbons (Fsp3) is 0.562. The van der Waals surface area contributed by atoms with Gasteiger partial charge < -0.3 is 10.1 Å². The van der Waals surface area contributed by atoms with Gasteiger partial charge >= 0.3 is 5.97 Å². The number of nitrogens with zero attached hydrogens (tertiary/aromatic N) is 1. The third-order valence-corrected chi connectivity index (χ3v) is 9.00. The Kier molecular flexibility index (Phi) is 8.60. The number of carbonyl (C=O) groups is 2. The number of piperidine rings is 1. The molecule has 5 nitrogen and oxygen atoms in total. The van der Waals surface area contributed by atoms with Gasteiger partial charge in [-0.15, -0.1) is 0 Å². The number of benzene rings is 2. The van der Waals surface area contributed by atoms with E-state index in [2.05, 4.69) is 46.6 Å². The van der Waals surface area contributed by atoms with Crippen LogP contribution in [0.1, 0.15) is 68.9 Å². The summed E-state index contributed by atoms with van der Waals surface area (Å²) in [7, 11) is 0. The van der Waals surface area contributed by atoms with E-state index >= 15 is 0 Å². The minimum atomic E-state index is -0.484. The molecule has 3 atom stereocenters. The van der Waals surface area contributed by atoms with Crippen LogP contribution in [0.2, 0.25) is 0 Å². The van der Waals surface area contributed by atoms with E-state index in [1.165, 1.54) is 18.4 Å². The Morgan fingerprint density at radius 3 is 2.35 bits per heavy atom. The number of carbonyl (C=O) groups excluding carboxylic acids is 2. The van der Waals surface area contributed by atoms with Crippen LogP contribution >= 0.6 is 0 Å². The van der Waals surface area contributed by atoms with Gasteiger partial charge in [-0.1, -0.05) is 86.3 Å². The molecule has 0 radical (unpaired) electrons. The van der Waals surface area contributed by atoms with Crippen molar-refractivity contribution in [1.82, 2.24) is 10.2 Å². The molecular formula is C32H42N2O3. The van der Waals surface area contributed by atoms with Crippen LogP contribution < -0.4 is 5.32 Å². The highest BCUT2D eigenvalue weighted by Crippen LogP contribution is 2.45. The number of aryl methyl sites for hydroxylation is 1. The summed E-state index contributed by atoms with van der Waals surface area (Å²) in [4.78, 5) is 28.5. The van der Waals surface area contributed by atoms with Crippen molar-refractivity contribution in [3.63, 3.8) is 0 Å². The molecule has 0 aromatic heterocycles. The van der Waals surface area contributed by atoms with E-state index in [1.807, 2.05) is 24.3 Å². The molecular weight excluding hydrogens is 460 g/mol. The summed E-state index contributed by atoms with van der Waals surface area (Å²) in [5.41, 5.74) is 1.96. The number of hydrogen-bond donors (Lipinski definition) is 1. The first kappa shape index (κ1) is 26.0. The largest absolute Gasteiger partial charge is 0.461 e. The van der Waals surface area contributed by atoms with Gasteiger partial charge in [-0.3, -0.25) is 14.5 Å². The number of fused-ring (bicyclic) bond motifs is 1. The molecule has 1 heterocycles. The Morgan fingerprint density at radius 1 is 0.946 bits per heavy atom. The van der Waals surface area contributed by atoms with E-state index in [4.69, 9.17) is 4.74 Å². The maximum atomic E-state index is 13.7. The maximum absolute atomic E-state index is 13.7. The molecule has 1 N–H and O–H groups in total. The smallest absolute Gasteiger partial charge is 0.316 e. The molecule has 0 spiro atoms. The lowest BCUT2D eigenvalue weighted by Crippen LogP contribution is -2.56. The zero-order valence-electron chi connectivity index (χ0n) is 22.1. The summed E-state index contributed by atoms with van der Waals surface area (Å²) in [6.45, 7) is 3.02. The molecule has 37 heavy (non-hydrogen) atoms. The Labute approximate surface area is 222 Å². The highest BCUT2D eigenvalue weighted by molar-refractivity contribution is 5.83. The van der Waals surface area contributed by atoms with Crippen molar-refractivity contribution in [2.75, 3.05) is 26.2 Å². The van der Waals surface area contributed by atoms with Gasteiger partial charge in [-0.2, -0.15) is 0 Å². The van der Waals surface area contributed by atoms with Crippen LogP contribution in [-0.4, -0.2) is 49.1 Å². The van der Waals surface area contributed by atoms with Gasteiger partial charge in [0.1, 0.15) is 6.10 Å². The lowest BCUT2D eigenvalue weighted by atomic mass is 9.66. The SMILES string of the molecule is O=C(CN1CCC2C(C[C@@H]2OC(=O)C2(c3ccccc3)CCCCCC2)C1)NCCCc1ccccc1. The second kappa shape index (κ2) is 12.3. The first-order chi connectivity index (χ1) is 18.1. The molecule has 198 valence electrons. The van der Waals surface area contributed by atoms with Crippen LogP contribution in [0.15, 0.2) is 60.7 Å². The van der Waals surface area contributed by atoms with E-state index in [0.29, 0.717) is 18.4 Å². The Bertz CT molecular complexity index is 1020. The van der Waals surface area contributed by atoms with Crippen LogP contribution in [0.5, 0.6) is 0 Å². The van der Waals surface area contributed by atoms with Crippen molar-refractivity contribution in [2.45, 2.75) is 75.7 Å². The summed E-state index contributed by atoms with van der Waals surface area (Å²) in [6, 6.07) is 20.7. The molecule has 1 amide bonds. The van der Waals surface area contributed by atoms with Crippen molar-refractivity contribution in [1.29, 1.82) is 0 Å². The van der Waals surface area contributed by atoms with Crippen LogP contribution in [0, 0.1) is 11.8 Å². The molecule has 2 saturated carbocycles. The number of likely N-dealkylation sites (tertiary alicyclic amines) is 1. The Hall–Kier alpha value is -2.66. The number of amides is 1. The molecule has 3 fully saturated rings. The van der Waals surface area contributed by atoms with Gasteiger partial charge in [-0.05, 0) is 62.1 Å². The average Bonchev–Trinajstić information content (AvgIpc) is 3.18. The second-order valence-corrected chi connectivity index (χ2v) is 11.4. The van der Waals surface area contributed by atoms with Crippen LogP contribution in [0.4, 0.5) is 0 Å². The third kappa shape index (κ3) is 6.26. The molecule has 2 aliphatic carbocycles. The first-order valence-electron chi connectivity index (χ1n) is 14.4. The van der Waals surface area contributed by atoms with Crippen LogP contribution in [0.25, 0.3) is 0 Å². The van der Waals surface area contributed by atoms with E-state index in [9.17, 15) is 9.59 Å². The Morgan fingerprint density at radius 2 is 1.65 bits per heavy atom. The normalized spacial score (nSPS) is 25.2. The van der Waals surface area contributed by atoms with Crippen LogP contribution in [-0.2, 0) is 26.2 Å². The number of rotatable bonds is 9. The monoisotopic (exact) mass is 502 g/mol. The van der Waals surface area contributed by atoms with Gasteiger partial charge in [0.05, 0.1) is 12.0 Å². The van der Waals surface area contributed by atoms with Crippen molar-refractivity contribution >= 4 is 11.9 Å². The average molecular weight is 503 g/mol. The molecule has 2 unspecified atom stereocenters. The highest BCUT2D eigenvalue weighted by Gasteiger charge is 2.49. The van der Waals surface area contributed by atoms with Gasteiger partial charge in [0.25, 0.3) is 0 Å². The number of esters is 1. The molecule has 2 aromatic carbocycles. The summed E-state index contributed by atoms with van der Waals surface area (Å²) in [6.07, 6.45) is 10.3. The first-order valence-corrected chi connectivity index (χ1v) is 14.4. The molecule has 1 aliphatic heterocycles. The van der Waals surface area contributed by atoms with Crippen molar-refractivity contribution < 1.29 is 14.3 Å². The predicted octanol–water partition coefficient (Wildman–Crippen LogP) is 5.28. The van der Waals surface area contributed by atoms with Gasteiger partial charge in [0.2, 0.25) is 5.91 Å². The van der Waals surface area contributed by atoms with Crippen molar-refractivity contribution in [3.05, 3.63) is 71.8 Å².